The summed E-state index contributed by atoms with van der Waals surface area (Å²) in [4.78, 5) is 35.7. The van der Waals surface area contributed by atoms with Gasteiger partial charge in [-0.05, 0) is 30.2 Å². The van der Waals surface area contributed by atoms with E-state index >= 15 is 0 Å². The fraction of sp³-hybridized carbons (Fsp3) is 0.208. The average molecular weight is 501 g/mol. The Kier molecular flexibility index (Phi) is 7.63. The number of sulfonamides is 1. The summed E-state index contributed by atoms with van der Waals surface area (Å²) in [5, 5.41) is 11.8. The topological polar surface area (TPSA) is 121 Å². The minimum Gasteiger partial charge on any atom is -0.549 e. The van der Waals surface area contributed by atoms with E-state index in [1.807, 2.05) is 6.92 Å². The molecule has 0 aliphatic rings. The van der Waals surface area contributed by atoms with E-state index in [1.165, 1.54) is 25.1 Å². The summed E-state index contributed by atoms with van der Waals surface area (Å²) in [5.41, 5.74) is 0.949. The van der Waals surface area contributed by atoms with Gasteiger partial charge in [0.15, 0.2) is 5.75 Å². The number of amides is 1. The molecule has 0 aromatic heterocycles. The highest BCUT2D eigenvalue weighted by molar-refractivity contribution is 8.00. The number of anilines is 1. The van der Waals surface area contributed by atoms with Crippen LogP contribution in [0.3, 0.4) is 0 Å². The molecule has 0 heterocycles. The summed E-state index contributed by atoms with van der Waals surface area (Å²) in [6.45, 7) is 4.26. The third-order valence-corrected chi connectivity index (χ3v) is 7.70. The van der Waals surface area contributed by atoms with Gasteiger partial charge >= 0.3 is 5.97 Å². The number of carbonyl (C=O) groups excluding carboxylic acids is 3. The van der Waals surface area contributed by atoms with Crippen molar-refractivity contribution in [1.29, 1.82) is 0 Å². The van der Waals surface area contributed by atoms with Gasteiger partial charge in [0.1, 0.15) is 0 Å². The normalized spacial score (nSPS) is 11.3. The highest BCUT2D eigenvalue weighted by Gasteiger charge is 2.31. The molecule has 0 spiro atoms. The predicted molar refractivity (Wildman–Crippen MR) is 127 cm³/mol. The number of hydrogen-bond donors (Lipinski definition) is 0. The van der Waals surface area contributed by atoms with Crippen LogP contribution in [0.5, 0.6) is 5.75 Å². The van der Waals surface area contributed by atoms with Crippen LogP contribution in [0.2, 0.25) is 0 Å². The van der Waals surface area contributed by atoms with E-state index in [4.69, 9.17) is 4.74 Å². The molecule has 178 valence electrons. The van der Waals surface area contributed by atoms with E-state index in [0.29, 0.717) is 15.1 Å². The number of nitrogens with zero attached hydrogens (tertiary/aromatic N) is 1. The molecule has 0 atom stereocenters. The fourth-order valence-corrected chi connectivity index (χ4v) is 5.63. The van der Waals surface area contributed by atoms with Crippen LogP contribution in [0.1, 0.15) is 26.3 Å². The molecule has 3 aromatic rings. The Hall–Kier alpha value is -3.37. The van der Waals surface area contributed by atoms with Crippen molar-refractivity contribution >= 4 is 56.1 Å². The number of ether oxygens (including phenoxy) is 1. The van der Waals surface area contributed by atoms with Crippen LogP contribution < -0.4 is 14.1 Å². The quantitative estimate of drug-likeness (QED) is 0.263. The van der Waals surface area contributed by atoms with Gasteiger partial charge in [-0.15, -0.1) is 11.8 Å². The minimum atomic E-state index is -4.32. The van der Waals surface area contributed by atoms with Crippen LogP contribution >= 0.6 is 11.8 Å². The average Bonchev–Trinajstić information content (AvgIpc) is 2.78. The number of hydrogen-bond acceptors (Lipinski definition) is 8. The van der Waals surface area contributed by atoms with Gasteiger partial charge in [-0.1, -0.05) is 43.3 Å². The van der Waals surface area contributed by atoms with Gasteiger partial charge in [0.2, 0.25) is 5.91 Å². The second kappa shape index (κ2) is 10.3. The van der Waals surface area contributed by atoms with Crippen molar-refractivity contribution in [2.45, 2.75) is 37.0 Å². The van der Waals surface area contributed by atoms with Crippen molar-refractivity contribution in [3.63, 3.8) is 0 Å². The number of aliphatic carboxylic acids is 1. The van der Waals surface area contributed by atoms with E-state index in [1.54, 1.807) is 36.4 Å². The van der Waals surface area contributed by atoms with Crippen LogP contribution in [0.15, 0.2) is 64.4 Å². The van der Waals surface area contributed by atoms with Gasteiger partial charge in [-0.25, -0.2) is 12.7 Å². The first-order valence-corrected chi connectivity index (χ1v) is 12.7. The Balaban J connectivity index is 2.30. The van der Waals surface area contributed by atoms with E-state index in [0.717, 1.165) is 30.7 Å². The molecule has 1 amide bonds. The number of benzene rings is 3. The Morgan fingerprint density at radius 3 is 2.15 bits per heavy atom. The van der Waals surface area contributed by atoms with E-state index in [9.17, 15) is 27.9 Å². The lowest BCUT2D eigenvalue weighted by Crippen LogP contribution is -2.35. The lowest BCUT2D eigenvalue weighted by molar-refractivity contribution is -0.301. The van der Waals surface area contributed by atoms with Gasteiger partial charge in [0.25, 0.3) is 10.0 Å². The number of carboxylic acid groups (broad SMARTS) is 1. The molecule has 10 heteroatoms. The minimum absolute atomic E-state index is 0.0134. The lowest BCUT2D eigenvalue weighted by atomic mass is 10.1. The van der Waals surface area contributed by atoms with Crippen molar-refractivity contribution in [1.82, 2.24) is 0 Å². The van der Waals surface area contributed by atoms with Gasteiger partial charge in [0.05, 0.1) is 21.4 Å². The molecule has 0 bridgehead atoms. The van der Waals surface area contributed by atoms with Crippen LogP contribution in [0.25, 0.3) is 10.8 Å². The van der Waals surface area contributed by atoms with Crippen LogP contribution in [-0.2, 0) is 30.8 Å². The second-order valence-corrected chi connectivity index (χ2v) is 10.1. The molecule has 0 saturated carbocycles. The van der Waals surface area contributed by atoms with Crippen LogP contribution in [0.4, 0.5) is 5.69 Å². The molecule has 0 N–H and O–H groups in total. The largest absolute Gasteiger partial charge is 0.549 e. The number of esters is 1. The molecule has 0 radical (unpaired) electrons. The zero-order chi connectivity index (χ0) is 25.0. The van der Waals surface area contributed by atoms with Gasteiger partial charge < -0.3 is 14.6 Å². The summed E-state index contributed by atoms with van der Waals surface area (Å²) in [6.07, 6.45) is 0.720. The van der Waals surface area contributed by atoms with Gasteiger partial charge in [-0.3, -0.25) is 9.59 Å². The number of thioether (sulfide) groups is 1. The first kappa shape index (κ1) is 25.3. The maximum absolute atomic E-state index is 13.6. The van der Waals surface area contributed by atoms with Gasteiger partial charge in [0, 0.05) is 30.4 Å². The molecule has 8 nitrogen and oxygen atoms in total. The SMILES string of the molecule is CCc1ccc(S(=O)(=O)N(C(C)=O)c2cc(SCC(=O)[O-])c(OC(C)=O)c3ccccc23)cc1. The number of carboxylic acids is 1. The van der Waals surface area contributed by atoms with Crippen molar-refractivity contribution in [2.24, 2.45) is 0 Å². The molecule has 0 saturated heterocycles. The Morgan fingerprint density at radius 1 is 1.00 bits per heavy atom. The van der Waals surface area contributed by atoms with Gasteiger partial charge in [-0.2, -0.15) is 0 Å². The Labute approximate surface area is 201 Å². The van der Waals surface area contributed by atoms with Crippen molar-refractivity contribution < 1.29 is 32.6 Å². The maximum atomic E-state index is 13.6. The summed E-state index contributed by atoms with van der Waals surface area (Å²) >= 11 is 0.795. The predicted octanol–water partition coefficient (Wildman–Crippen LogP) is 2.91. The molecular weight excluding hydrogens is 478 g/mol. The Bertz CT molecular complexity index is 1370. The molecule has 0 fully saturated rings. The van der Waals surface area contributed by atoms with Crippen molar-refractivity contribution in [2.75, 3.05) is 10.1 Å². The number of carbonyl (C=O) groups is 3. The van der Waals surface area contributed by atoms with E-state index in [-0.39, 0.29) is 21.2 Å². The molecule has 3 rings (SSSR count). The molecular formula is C24H22NO7S2-. The van der Waals surface area contributed by atoms with Crippen LogP contribution in [-0.4, -0.2) is 32.0 Å². The molecule has 0 aliphatic heterocycles. The van der Waals surface area contributed by atoms with Crippen molar-refractivity contribution in [3.05, 3.63) is 60.2 Å². The summed E-state index contributed by atoms with van der Waals surface area (Å²) in [5.74, 6) is -3.16. The van der Waals surface area contributed by atoms with E-state index in [2.05, 4.69) is 0 Å². The highest BCUT2D eigenvalue weighted by Crippen LogP contribution is 2.43. The first-order valence-electron chi connectivity index (χ1n) is 10.3. The molecule has 0 aliphatic carbocycles. The third-order valence-electron chi connectivity index (χ3n) is 4.91. The summed E-state index contributed by atoms with van der Waals surface area (Å²) in [6, 6.07) is 14.1. The second-order valence-electron chi connectivity index (χ2n) is 7.31. The zero-order valence-electron chi connectivity index (χ0n) is 18.7. The third kappa shape index (κ3) is 5.23. The number of aryl methyl sites for hydroxylation is 1. The monoisotopic (exact) mass is 500 g/mol. The molecule has 3 aromatic carbocycles. The zero-order valence-corrected chi connectivity index (χ0v) is 20.4. The maximum Gasteiger partial charge on any atom is 0.308 e. The smallest absolute Gasteiger partial charge is 0.308 e. The fourth-order valence-electron chi connectivity index (χ4n) is 3.44. The standard InChI is InChI=1S/C24H23NO7S2/c1-4-17-9-11-18(12-10-17)34(30,31)25(15(2)26)21-13-22(33-14-23(28)29)24(32-16(3)27)20-8-6-5-7-19(20)21/h5-13H,4,14H2,1-3H3,(H,28,29)/p-1. The Morgan fingerprint density at radius 2 is 1.62 bits per heavy atom. The molecule has 34 heavy (non-hydrogen) atoms. The summed E-state index contributed by atoms with van der Waals surface area (Å²) in [7, 11) is -4.32. The van der Waals surface area contributed by atoms with Crippen molar-refractivity contribution in [3.8, 4) is 5.75 Å². The van der Waals surface area contributed by atoms with Crippen LogP contribution in [0, 0.1) is 0 Å². The number of rotatable bonds is 8. The highest BCUT2D eigenvalue weighted by atomic mass is 32.2. The van der Waals surface area contributed by atoms with E-state index < -0.39 is 33.6 Å². The number of fused-ring (bicyclic) bond motifs is 1. The lowest BCUT2D eigenvalue weighted by Gasteiger charge is -2.25. The summed E-state index contributed by atoms with van der Waals surface area (Å²) < 4.78 is 33.2. The first-order chi connectivity index (χ1) is 16.1. The molecule has 0 unspecified atom stereocenters.